The molecule has 0 fully saturated rings. The number of hydrogen-bond acceptors (Lipinski definition) is 3. The van der Waals surface area contributed by atoms with Gasteiger partial charge in [-0.1, -0.05) is 0 Å². The molecule has 2 N–H and O–H groups in total. The van der Waals surface area contributed by atoms with Crippen molar-refractivity contribution < 1.29 is 0 Å². The van der Waals surface area contributed by atoms with Crippen molar-refractivity contribution >= 4 is 0 Å². The highest BCUT2D eigenvalue weighted by Crippen LogP contribution is 2.31. The Balaban J connectivity index is 1.71. The second-order valence-electron chi connectivity index (χ2n) is 5.30. The van der Waals surface area contributed by atoms with Gasteiger partial charge in [0.05, 0.1) is 12.5 Å². The first kappa shape index (κ1) is 11.5. The van der Waals surface area contributed by atoms with E-state index in [1.165, 1.54) is 11.3 Å². The van der Waals surface area contributed by atoms with Gasteiger partial charge >= 0.3 is 0 Å². The average molecular weight is 268 g/mol. The Morgan fingerprint density at radius 3 is 3.15 bits per heavy atom. The summed E-state index contributed by atoms with van der Waals surface area (Å²) >= 11 is 0. The maximum Gasteiger partial charge on any atom is 0.160 e. The third-order valence-electron chi connectivity index (χ3n) is 4.09. The number of fused-ring (bicyclic) bond motifs is 1. The van der Waals surface area contributed by atoms with Crippen LogP contribution in [0.3, 0.4) is 0 Å². The SMILES string of the molecule is Cc1[nH]cnc1-c1nccn1[C@@H]1CCc2[nH]ncc2C1. The summed E-state index contributed by atoms with van der Waals surface area (Å²) < 4.78 is 2.25. The van der Waals surface area contributed by atoms with Gasteiger partial charge in [-0.15, -0.1) is 0 Å². The Bertz CT molecular complexity index is 734. The molecular weight excluding hydrogens is 252 g/mol. The van der Waals surface area contributed by atoms with E-state index >= 15 is 0 Å². The van der Waals surface area contributed by atoms with Gasteiger partial charge in [0.15, 0.2) is 5.82 Å². The van der Waals surface area contributed by atoms with Crippen molar-refractivity contribution in [1.29, 1.82) is 0 Å². The minimum absolute atomic E-state index is 0.425. The standard InChI is InChI=1S/C14H16N6/c1-9-13(17-8-16-9)14-15-4-5-20(14)11-2-3-12-10(6-11)7-18-19-12/h4-5,7-8,11H,2-3,6H2,1H3,(H,16,17)(H,18,19)/t11-/m1/s1. The lowest BCUT2D eigenvalue weighted by molar-refractivity contribution is 0.443. The molecule has 0 bridgehead atoms. The van der Waals surface area contributed by atoms with E-state index in [0.29, 0.717) is 6.04 Å². The molecule has 0 saturated carbocycles. The summed E-state index contributed by atoms with van der Waals surface area (Å²) in [5.41, 5.74) is 4.59. The van der Waals surface area contributed by atoms with Crippen LogP contribution in [-0.2, 0) is 12.8 Å². The van der Waals surface area contributed by atoms with Crippen molar-refractivity contribution in [2.75, 3.05) is 0 Å². The maximum atomic E-state index is 4.50. The molecule has 3 heterocycles. The molecule has 0 saturated heterocycles. The van der Waals surface area contributed by atoms with Gasteiger partial charge in [-0.25, -0.2) is 9.97 Å². The Hall–Kier alpha value is -2.37. The normalized spacial score (nSPS) is 18.1. The Morgan fingerprint density at radius 1 is 1.35 bits per heavy atom. The quantitative estimate of drug-likeness (QED) is 0.746. The topological polar surface area (TPSA) is 75.2 Å². The van der Waals surface area contributed by atoms with E-state index in [9.17, 15) is 0 Å². The number of aryl methyl sites for hydroxylation is 2. The minimum atomic E-state index is 0.425. The Morgan fingerprint density at radius 2 is 2.30 bits per heavy atom. The summed E-state index contributed by atoms with van der Waals surface area (Å²) in [5, 5.41) is 7.22. The Labute approximate surface area is 116 Å². The highest BCUT2D eigenvalue weighted by molar-refractivity contribution is 5.53. The van der Waals surface area contributed by atoms with Gasteiger partial charge in [-0.2, -0.15) is 5.10 Å². The first-order valence-corrected chi connectivity index (χ1v) is 6.87. The molecule has 4 rings (SSSR count). The van der Waals surface area contributed by atoms with Gasteiger partial charge in [-0.05, 0) is 31.7 Å². The molecule has 0 unspecified atom stereocenters. The molecule has 1 aliphatic rings. The third-order valence-corrected chi connectivity index (χ3v) is 4.09. The van der Waals surface area contributed by atoms with E-state index < -0.39 is 0 Å². The molecule has 0 amide bonds. The fourth-order valence-electron chi connectivity index (χ4n) is 3.01. The summed E-state index contributed by atoms with van der Waals surface area (Å²) in [4.78, 5) is 12.0. The van der Waals surface area contributed by atoms with Crippen LogP contribution in [0.15, 0.2) is 24.9 Å². The summed E-state index contributed by atoms with van der Waals surface area (Å²) in [6.07, 6.45) is 10.7. The maximum absolute atomic E-state index is 4.50. The van der Waals surface area contributed by atoms with Gasteiger partial charge in [0.2, 0.25) is 0 Å². The third kappa shape index (κ3) is 1.68. The van der Waals surface area contributed by atoms with Gasteiger partial charge in [0, 0.05) is 29.8 Å². The fourth-order valence-corrected chi connectivity index (χ4v) is 3.01. The number of nitrogens with one attached hydrogen (secondary N) is 2. The second kappa shape index (κ2) is 4.33. The van der Waals surface area contributed by atoms with Crippen molar-refractivity contribution in [3.05, 3.63) is 41.9 Å². The van der Waals surface area contributed by atoms with E-state index in [2.05, 4.69) is 35.9 Å². The highest BCUT2D eigenvalue weighted by Gasteiger charge is 2.24. The monoisotopic (exact) mass is 268 g/mol. The fraction of sp³-hybridized carbons (Fsp3) is 0.357. The number of nitrogens with zero attached hydrogens (tertiary/aromatic N) is 4. The van der Waals surface area contributed by atoms with E-state index in [0.717, 1.165) is 36.5 Å². The van der Waals surface area contributed by atoms with Crippen LogP contribution in [0, 0.1) is 6.92 Å². The van der Waals surface area contributed by atoms with Gasteiger partial charge in [0.1, 0.15) is 5.69 Å². The Kier molecular flexibility index (Phi) is 2.48. The van der Waals surface area contributed by atoms with Crippen molar-refractivity contribution in [2.24, 2.45) is 0 Å². The van der Waals surface area contributed by atoms with Crippen molar-refractivity contribution in [3.63, 3.8) is 0 Å². The number of rotatable bonds is 2. The zero-order chi connectivity index (χ0) is 13.5. The molecule has 20 heavy (non-hydrogen) atoms. The molecule has 6 heteroatoms. The first-order chi connectivity index (χ1) is 9.83. The summed E-state index contributed by atoms with van der Waals surface area (Å²) in [6, 6.07) is 0.425. The van der Waals surface area contributed by atoms with Crippen molar-refractivity contribution in [2.45, 2.75) is 32.2 Å². The van der Waals surface area contributed by atoms with Crippen LogP contribution in [0.4, 0.5) is 0 Å². The van der Waals surface area contributed by atoms with E-state index in [4.69, 9.17) is 0 Å². The number of hydrogen-bond donors (Lipinski definition) is 2. The zero-order valence-electron chi connectivity index (χ0n) is 11.3. The van der Waals surface area contributed by atoms with Gasteiger partial charge in [-0.3, -0.25) is 5.10 Å². The van der Waals surface area contributed by atoms with E-state index in [1.807, 2.05) is 19.3 Å². The van der Waals surface area contributed by atoms with Crippen molar-refractivity contribution in [3.8, 4) is 11.5 Å². The largest absolute Gasteiger partial charge is 0.348 e. The lowest BCUT2D eigenvalue weighted by Gasteiger charge is -2.24. The van der Waals surface area contributed by atoms with Crippen LogP contribution in [0.25, 0.3) is 11.5 Å². The van der Waals surface area contributed by atoms with Crippen LogP contribution < -0.4 is 0 Å². The van der Waals surface area contributed by atoms with Crippen LogP contribution in [0.2, 0.25) is 0 Å². The van der Waals surface area contributed by atoms with Crippen LogP contribution in [0.5, 0.6) is 0 Å². The van der Waals surface area contributed by atoms with Gasteiger partial charge < -0.3 is 9.55 Å². The number of aromatic amines is 2. The molecule has 0 spiro atoms. The minimum Gasteiger partial charge on any atom is -0.348 e. The molecular formula is C14H16N6. The zero-order valence-corrected chi connectivity index (χ0v) is 11.3. The van der Waals surface area contributed by atoms with Crippen LogP contribution in [0.1, 0.15) is 29.4 Å². The number of aromatic nitrogens is 6. The molecule has 3 aromatic heterocycles. The predicted octanol–water partition coefficient (Wildman–Crippen LogP) is 2.03. The molecule has 0 aromatic carbocycles. The first-order valence-electron chi connectivity index (χ1n) is 6.87. The van der Waals surface area contributed by atoms with Crippen LogP contribution >= 0.6 is 0 Å². The molecule has 1 atom stereocenters. The van der Waals surface area contributed by atoms with Gasteiger partial charge in [0.25, 0.3) is 0 Å². The molecule has 0 radical (unpaired) electrons. The lowest BCUT2D eigenvalue weighted by Crippen LogP contribution is -2.18. The molecule has 3 aromatic rings. The van der Waals surface area contributed by atoms with Crippen molar-refractivity contribution in [1.82, 2.24) is 29.7 Å². The summed E-state index contributed by atoms with van der Waals surface area (Å²) in [7, 11) is 0. The second-order valence-corrected chi connectivity index (χ2v) is 5.30. The molecule has 0 aliphatic heterocycles. The molecule has 1 aliphatic carbocycles. The van der Waals surface area contributed by atoms with E-state index in [-0.39, 0.29) is 0 Å². The summed E-state index contributed by atoms with van der Waals surface area (Å²) in [5.74, 6) is 0.945. The van der Waals surface area contributed by atoms with Crippen LogP contribution in [-0.4, -0.2) is 29.7 Å². The smallest absolute Gasteiger partial charge is 0.160 e. The lowest BCUT2D eigenvalue weighted by atomic mass is 9.93. The van der Waals surface area contributed by atoms with E-state index in [1.54, 1.807) is 6.33 Å². The predicted molar refractivity (Wildman–Crippen MR) is 74.2 cm³/mol. The number of H-pyrrole nitrogens is 2. The number of imidazole rings is 2. The molecule has 6 nitrogen and oxygen atoms in total. The highest BCUT2D eigenvalue weighted by atomic mass is 15.1. The summed E-state index contributed by atoms with van der Waals surface area (Å²) in [6.45, 7) is 2.02. The average Bonchev–Trinajstić information content (AvgIpc) is 3.16. The molecule has 102 valence electrons.